The standard InChI is InChI=1S/C23H17NO3S/c1-14-19(13-28(25,26)27)11-18-7-8-20-21(23(18)24-14)9-6-17-10-15-4-2-3-5-16(15)12-22(17)20/h2-12H,13H2,1H3,(H,25,26,27). The van der Waals surface area contributed by atoms with Crippen LogP contribution in [-0.2, 0) is 15.9 Å². The van der Waals surface area contributed by atoms with Crippen LogP contribution in [0.1, 0.15) is 11.3 Å². The summed E-state index contributed by atoms with van der Waals surface area (Å²) in [6.07, 6.45) is 0. The number of benzene rings is 4. The Kier molecular flexibility index (Phi) is 3.66. The molecule has 0 saturated carbocycles. The van der Waals surface area contributed by atoms with E-state index in [9.17, 15) is 13.0 Å². The summed E-state index contributed by atoms with van der Waals surface area (Å²) < 4.78 is 31.8. The first-order valence-corrected chi connectivity index (χ1v) is 10.6. The number of aromatic nitrogens is 1. The molecule has 1 heterocycles. The summed E-state index contributed by atoms with van der Waals surface area (Å²) in [6, 6.07) is 22.7. The molecule has 0 aliphatic rings. The van der Waals surface area contributed by atoms with Crippen molar-refractivity contribution in [3.05, 3.63) is 78.0 Å². The number of nitrogens with zero attached hydrogens (tertiary/aromatic N) is 1. The molecule has 0 bridgehead atoms. The third kappa shape index (κ3) is 2.80. The Morgan fingerprint density at radius 2 is 1.46 bits per heavy atom. The molecular weight excluding hydrogens is 370 g/mol. The van der Waals surface area contributed by atoms with E-state index in [1.165, 1.54) is 21.5 Å². The van der Waals surface area contributed by atoms with Gasteiger partial charge < -0.3 is 0 Å². The smallest absolute Gasteiger partial charge is 0.269 e. The molecule has 0 saturated heterocycles. The lowest BCUT2D eigenvalue weighted by molar-refractivity contribution is 0.482. The minimum atomic E-state index is -4.10. The van der Waals surface area contributed by atoms with Crippen molar-refractivity contribution in [1.29, 1.82) is 0 Å². The van der Waals surface area contributed by atoms with Gasteiger partial charge in [0, 0.05) is 16.5 Å². The van der Waals surface area contributed by atoms with Crippen LogP contribution in [0.5, 0.6) is 0 Å². The van der Waals surface area contributed by atoms with E-state index in [4.69, 9.17) is 0 Å². The van der Waals surface area contributed by atoms with Crippen LogP contribution in [0.15, 0.2) is 66.7 Å². The second-order valence-electron chi connectivity index (χ2n) is 7.18. The number of aryl methyl sites for hydroxylation is 1. The third-order valence-corrected chi connectivity index (χ3v) is 5.97. The predicted octanol–water partition coefficient (Wildman–Crippen LogP) is 5.39. The Morgan fingerprint density at radius 3 is 2.21 bits per heavy atom. The van der Waals surface area contributed by atoms with E-state index in [-0.39, 0.29) is 0 Å². The summed E-state index contributed by atoms with van der Waals surface area (Å²) in [6.45, 7) is 1.77. The Hall–Kier alpha value is -3.02. The lowest BCUT2D eigenvalue weighted by Crippen LogP contribution is -2.04. The molecule has 1 aromatic heterocycles. The Balaban J connectivity index is 1.83. The molecule has 28 heavy (non-hydrogen) atoms. The topological polar surface area (TPSA) is 67.3 Å². The van der Waals surface area contributed by atoms with Crippen LogP contribution in [0, 0.1) is 6.92 Å². The van der Waals surface area contributed by atoms with Crippen LogP contribution in [0.25, 0.3) is 43.2 Å². The van der Waals surface area contributed by atoms with Gasteiger partial charge in [0.15, 0.2) is 0 Å². The molecule has 5 rings (SSSR count). The molecule has 0 unspecified atom stereocenters. The molecule has 0 amide bonds. The summed E-state index contributed by atoms with van der Waals surface area (Å²) in [5.41, 5.74) is 1.96. The average molecular weight is 387 g/mol. The van der Waals surface area contributed by atoms with Crippen molar-refractivity contribution in [2.24, 2.45) is 0 Å². The van der Waals surface area contributed by atoms with Gasteiger partial charge in [-0.25, -0.2) is 0 Å². The number of pyridine rings is 1. The molecule has 138 valence electrons. The van der Waals surface area contributed by atoms with E-state index < -0.39 is 15.9 Å². The van der Waals surface area contributed by atoms with Crippen LogP contribution in [0.3, 0.4) is 0 Å². The SMILES string of the molecule is Cc1nc2c(ccc3c4cc5ccccc5cc4ccc32)cc1CS(=O)(=O)O. The maximum Gasteiger partial charge on any atom is 0.269 e. The minimum absolute atomic E-state index is 0.427. The van der Waals surface area contributed by atoms with Gasteiger partial charge in [-0.2, -0.15) is 8.42 Å². The van der Waals surface area contributed by atoms with Gasteiger partial charge in [0.1, 0.15) is 5.75 Å². The van der Waals surface area contributed by atoms with Gasteiger partial charge in [0.25, 0.3) is 10.1 Å². The summed E-state index contributed by atoms with van der Waals surface area (Å²) >= 11 is 0. The van der Waals surface area contributed by atoms with Crippen molar-refractivity contribution < 1.29 is 13.0 Å². The quantitative estimate of drug-likeness (QED) is 0.250. The highest BCUT2D eigenvalue weighted by molar-refractivity contribution is 7.85. The number of rotatable bonds is 2. The van der Waals surface area contributed by atoms with E-state index in [0.717, 1.165) is 21.7 Å². The normalized spacial score (nSPS) is 12.4. The number of hydrogen-bond donors (Lipinski definition) is 1. The molecule has 0 aliphatic carbocycles. The molecule has 0 radical (unpaired) electrons. The van der Waals surface area contributed by atoms with Crippen LogP contribution in [-0.4, -0.2) is 18.0 Å². The van der Waals surface area contributed by atoms with Gasteiger partial charge in [-0.05, 0) is 57.6 Å². The summed E-state index contributed by atoms with van der Waals surface area (Å²) in [5.74, 6) is -0.427. The zero-order chi connectivity index (χ0) is 19.5. The van der Waals surface area contributed by atoms with Crippen LogP contribution in [0.2, 0.25) is 0 Å². The zero-order valence-electron chi connectivity index (χ0n) is 15.2. The maximum absolute atomic E-state index is 11.3. The van der Waals surface area contributed by atoms with Gasteiger partial charge in [-0.3, -0.25) is 9.54 Å². The van der Waals surface area contributed by atoms with Crippen LogP contribution >= 0.6 is 0 Å². The first-order chi connectivity index (χ1) is 13.4. The lowest BCUT2D eigenvalue weighted by Gasteiger charge is -2.11. The first-order valence-electron chi connectivity index (χ1n) is 8.99. The van der Waals surface area contributed by atoms with E-state index in [0.29, 0.717) is 11.3 Å². The fraction of sp³-hybridized carbons (Fsp3) is 0.0870. The maximum atomic E-state index is 11.3. The predicted molar refractivity (Wildman–Crippen MR) is 114 cm³/mol. The second-order valence-corrected chi connectivity index (χ2v) is 8.63. The largest absolute Gasteiger partial charge is 0.285 e. The van der Waals surface area contributed by atoms with Gasteiger partial charge >= 0.3 is 0 Å². The molecule has 0 atom stereocenters. The Bertz CT molecular complexity index is 1520. The van der Waals surface area contributed by atoms with Gasteiger partial charge in [-0.1, -0.05) is 48.5 Å². The van der Waals surface area contributed by atoms with Crippen molar-refractivity contribution in [2.75, 3.05) is 0 Å². The number of hydrogen-bond acceptors (Lipinski definition) is 3. The van der Waals surface area contributed by atoms with Crippen LogP contribution < -0.4 is 0 Å². The summed E-state index contributed by atoms with van der Waals surface area (Å²) in [4.78, 5) is 4.68. The van der Waals surface area contributed by atoms with Crippen molar-refractivity contribution in [1.82, 2.24) is 4.98 Å². The Morgan fingerprint density at radius 1 is 0.786 bits per heavy atom. The van der Waals surface area contributed by atoms with E-state index in [2.05, 4.69) is 47.4 Å². The molecule has 4 nitrogen and oxygen atoms in total. The van der Waals surface area contributed by atoms with Crippen molar-refractivity contribution in [3.8, 4) is 0 Å². The molecule has 0 aliphatic heterocycles. The Labute approximate surface area is 162 Å². The fourth-order valence-corrected chi connectivity index (χ4v) is 4.63. The molecular formula is C23H17NO3S. The second kappa shape index (κ2) is 5.99. The zero-order valence-corrected chi connectivity index (χ0v) is 16.0. The highest BCUT2D eigenvalue weighted by Crippen LogP contribution is 2.33. The van der Waals surface area contributed by atoms with Crippen molar-refractivity contribution in [3.63, 3.8) is 0 Å². The van der Waals surface area contributed by atoms with Gasteiger partial charge in [-0.15, -0.1) is 0 Å². The van der Waals surface area contributed by atoms with Gasteiger partial charge in [0.2, 0.25) is 0 Å². The molecule has 0 fully saturated rings. The minimum Gasteiger partial charge on any atom is -0.285 e. The lowest BCUT2D eigenvalue weighted by atomic mass is 9.96. The van der Waals surface area contributed by atoms with Crippen LogP contribution in [0.4, 0.5) is 0 Å². The molecule has 0 spiro atoms. The van der Waals surface area contributed by atoms with E-state index in [1.807, 2.05) is 18.2 Å². The molecule has 5 aromatic rings. The first kappa shape index (κ1) is 17.1. The average Bonchev–Trinajstić information content (AvgIpc) is 2.65. The highest BCUT2D eigenvalue weighted by Gasteiger charge is 2.13. The van der Waals surface area contributed by atoms with Gasteiger partial charge in [0.05, 0.1) is 5.52 Å². The third-order valence-electron chi connectivity index (χ3n) is 5.30. The van der Waals surface area contributed by atoms with E-state index >= 15 is 0 Å². The summed E-state index contributed by atoms with van der Waals surface area (Å²) in [7, 11) is -4.10. The molecule has 5 heteroatoms. The highest BCUT2D eigenvalue weighted by atomic mass is 32.2. The number of fused-ring (bicyclic) bond motifs is 6. The molecule has 1 N–H and O–H groups in total. The van der Waals surface area contributed by atoms with E-state index in [1.54, 1.807) is 13.0 Å². The fourth-order valence-electron chi connectivity index (χ4n) is 3.95. The monoisotopic (exact) mass is 387 g/mol. The van der Waals surface area contributed by atoms with Crippen molar-refractivity contribution in [2.45, 2.75) is 12.7 Å². The molecule has 4 aromatic carbocycles. The van der Waals surface area contributed by atoms with Crippen molar-refractivity contribution >= 4 is 53.3 Å². The summed E-state index contributed by atoms with van der Waals surface area (Å²) in [5, 5.41) is 7.74.